The molecule has 0 unspecified atom stereocenters. The van der Waals surface area contributed by atoms with E-state index in [1.807, 2.05) is 0 Å². The molecule has 88 valence electrons. The van der Waals surface area contributed by atoms with Crippen LogP contribution in [0.2, 0.25) is 0 Å². The highest BCUT2D eigenvalue weighted by atomic mass is 19.4. The molecule has 1 fully saturated rings. The van der Waals surface area contributed by atoms with E-state index < -0.39 is 29.4 Å². The maximum absolute atomic E-state index is 12.5. The van der Waals surface area contributed by atoms with Crippen molar-refractivity contribution in [2.45, 2.75) is 30.4 Å². The summed E-state index contributed by atoms with van der Waals surface area (Å²) in [5.74, 6) is -18.0. The third-order valence-corrected chi connectivity index (χ3v) is 2.05. The Morgan fingerprint density at radius 2 is 1.33 bits per heavy atom. The standard InChI is InChI=1S/C6H5F6NO2/c1-2(14)13-6(15)4(9,10)3(7,8)5(6,11)12/h15H,1H3,(H,13,14). The van der Waals surface area contributed by atoms with Crippen LogP contribution in [0.5, 0.6) is 0 Å². The summed E-state index contributed by atoms with van der Waals surface area (Å²) >= 11 is 0. The zero-order valence-electron chi connectivity index (χ0n) is 7.12. The monoisotopic (exact) mass is 237 g/mol. The van der Waals surface area contributed by atoms with E-state index in [0.29, 0.717) is 6.92 Å². The minimum atomic E-state index is -5.70. The number of hydrogen-bond acceptors (Lipinski definition) is 2. The zero-order valence-corrected chi connectivity index (χ0v) is 7.12. The van der Waals surface area contributed by atoms with Gasteiger partial charge >= 0.3 is 17.8 Å². The molecule has 0 bridgehead atoms. The molecule has 2 N–H and O–H groups in total. The number of halogens is 6. The largest absolute Gasteiger partial charge is 0.382 e. The third-order valence-electron chi connectivity index (χ3n) is 2.05. The summed E-state index contributed by atoms with van der Waals surface area (Å²) in [6.07, 6.45) is 0. The first-order valence-corrected chi connectivity index (χ1v) is 3.56. The van der Waals surface area contributed by atoms with Gasteiger partial charge in [0.1, 0.15) is 0 Å². The van der Waals surface area contributed by atoms with Crippen LogP contribution in [-0.2, 0) is 4.79 Å². The molecule has 0 aromatic heterocycles. The molecule has 3 nitrogen and oxygen atoms in total. The molecule has 0 saturated heterocycles. The molecule has 1 rings (SSSR count). The van der Waals surface area contributed by atoms with Gasteiger partial charge in [-0.3, -0.25) is 4.79 Å². The number of nitrogens with one attached hydrogen (secondary N) is 1. The number of alkyl halides is 6. The van der Waals surface area contributed by atoms with E-state index in [0.717, 1.165) is 5.32 Å². The highest BCUT2D eigenvalue weighted by Gasteiger charge is 2.99. The van der Waals surface area contributed by atoms with E-state index >= 15 is 0 Å². The molecular weight excluding hydrogens is 232 g/mol. The normalized spacial score (nSPS) is 29.1. The molecule has 1 aliphatic rings. The van der Waals surface area contributed by atoms with E-state index in [-0.39, 0.29) is 0 Å². The molecule has 0 aromatic rings. The summed E-state index contributed by atoms with van der Waals surface area (Å²) in [5.41, 5.74) is -4.55. The Morgan fingerprint density at radius 1 is 1.00 bits per heavy atom. The van der Waals surface area contributed by atoms with Crippen LogP contribution in [0.1, 0.15) is 6.92 Å². The van der Waals surface area contributed by atoms with Crippen molar-refractivity contribution in [1.82, 2.24) is 5.32 Å². The Balaban J connectivity index is 3.16. The van der Waals surface area contributed by atoms with Crippen molar-refractivity contribution in [3.8, 4) is 0 Å². The van der Waals surface area contributed by atoms with Gasteiger partial charge in [-0.2, -0.15) is 26.3 Å². The summed E-state index contributed by atoms with van der Waals surface area (Å²) in [5, 5.41) is 9.39. The predicted octanol–water partition coefficient (Wildman–Crippen LogP) is 0.731. The van der Waals surface area contributed by atoms with Gasteiger partial charge in [-0.25, -0.2) is 0 Å². The highest BCUT2D eigenvalue weighted by molar-refractivity contribution is 5.74. The lowest BCUT2D eigenvalue weighted by atomic mass is 9.74. The molecule has 9 heteroatoms. The fourth-order valence-corrected chi connectivity index (χ4v) is 1.20. The second-order valence-corrected chi connectivity index (χ2v) is 3.11. The van der Waals surface area contributed by atoms with Crippen molar-refractivity contribution in [2.24, 2.45) is 0 Å². The maximum atomic E-state index is 12.5. The predicted molar refractivity (Wildman–Crippen MR) is 33.6 cm³/mol. The Hall–Kier alpha value is -0.990. The molecule has 0 aromatic carbocycles. The summed E-state index contributed by atoms with van der Waals surface area (Å²) in [4.78, 5) is 10.3. The molecule has 1 saturated carbocycles. The Bertz CT molecular complexity index is 297. The summed E-state index contributed by atoms with van der Waals surface area (Å²) < 4.78 is 74.6. The SMILES string of the molecule is CC(=O)NC1(O)C(F)(F)C(F)(F)C1(F)F. The van der Waals surface area contributed by atoms with Gasteiger partial charge in [0.2, 0.25) is 5.91 Å². The van der Waals surface area contributed by atoms with E-state index in [1.54, 1.807) is 0 Å². The third kappa shape index (κ3) is 0.985. The summed E-state index contributed by atoms with van der Waals surface area (Å²) in [6.45, 7) is 0.528. The van der Waals surface area contributed by atoms with Crippen molar-refractivity contribution in [3.05, 3.63) is 0 Å². The van der Waals surface area contributed by atoms with Gasteiger partial charge in [-0.15, -0.1) is 0 Å². The molecule has 1 amide bonds. The first kappa shape index (κ1) is 12.1. The smallest absolute Gasteiger partial charge is 0.361 e. The van der Waals surface area contributed by atoms with Crippen LogP contribution in [0.15, 0.2) is 0 Å². The second kappa shape index (κ2) is 2.57. The lowest BCUT2D eigenvalue weighted by molar-refractivity contribution is -0.495. The molecule has 0 radical (unpaired) electrons. The van der Waals surface area contributed by atoms with Crippen molar-refractivity contribution >= 4 is 5.91 Å². The lowest BCUT2D eigenvalue weighted by Crippen LogP contribution is -2.91. The van der Waals surface area contributed by atoms with E-state index in [9.17, 15) is 31.1 Å². The number of aliphatic hydroxyl groups is 1. The van der Waals surface area contributed by atoms with E-state index in [2.05, 4.69) is 0 Å². The second-order valence-electron chi connectivity index (χ2n) is 3.11. The van der Waals surface area contributed by atoms with Gasteiger partial charge in [0.25, 0.3) is 5.72 Å². The summed E-state index contributed by atoms with van der Waals surface area (Å²) in [7, 11) is 0. The van der Waals surface area contributed by atoms with Gasteiger partial charge in [0.05, 0.1) is 0 Å². The van der Waals surface area contributed by atoms with Crippen LogP contribution in [0, 0.1) is 0 Å². The number of amides is 1. The fourth-order valence-electron chi connectivity index (χ4n) is 1.20. The molecule has 0 atom stereocenters. The number of carbonyl (C=O) groups excluding carboxylic acids is 1. The van der Waals surface area contributed by atoms with Crippen LogP contribution in [-0.4, -0.2) is 34.5 Å². The Kier molecular flexibility index (Phi) is 2.07. The highest BCUT2D eigenvalue weighted by Crippen LogP contribution is 2.65. The van der Waals surface area contributed by atoms with Gasteiger partial charge in [-0.1, -0.05) is 0 Å². The van der Waals surface area contributed by atoms with Gasteiger partial charge in [0.15, 0.2) is 0 Å². The van der Waals surface area contributed by atoms with E-state index in [4.69, 9.17) is 5.11 Å². The van der Waals surface area contributed by atoms with Crippen LogP contribution >= 0.6 is 0 Å². The minimum Gasteiger partial charge on any atom is -0.361 e. The van der Waals surface area contributed by atoms with Gasteiger partial charge in [-0.05, 0) is 0 Å². The van der Waals surface area contributed by atoms with Gasteiger partial charge < -0.3 is 10.4 Å². The van der Waals surface area contributed by atoms with Crippen molar-refractivity contribution in [1.29, 1.82) is 0 Å². The lowest BCUT2D eigenvalue weighted by Gasteiger charge is -2.55. The van der Waals surface area contributed by atoms with Crippen molar-refractivity contribution in [2.75, 3.05) is 0 Å². The zero-order chi connectivity index (χ0) is 12.3. The van der Waals surface area contributed by atoms with E-state index in [1.165, 1.54) is 0 Å². The first-order chi connectivity index (χ1) is 6.42. The van der Waals surface area contributed by atoms with Crippen LogP contribution < -0.4 is 5.32 Å². The quantitative estimate of drug-likeness (QED) is 0.521. The first-order valence-electron chi connectivity index (χ1n) is 3.56. The Morgan fingerprint density at radius 3 is 1.60 bits per heavy atom. The van der Waals surface area contributed by atoms with Gasteiger partial charge in [0, 0.05) is 6.92 Å². The fraction of sp³-hybridized carbons (Fsp3) is 0.833. The van der Waals surface area contributed by atoms with Crippen LogP contribution in [0.3, 0.4) is 0 Å². The van der Waals surface area contributed by atoms with Crippen molar-refractivity contribution < 1.29 is 36.2 Å². The molecule has 15 heavy (non-hydrogen) atoms. The van der Waals surface area contributed by atoms with Crippen LogP contribution in [0.25, 0.3) is 0 Å². The maximum Gasteiger partial charge on any atom is 0.382 e. The molecule has 1 aliphatic carbocycles. The topological polar surface area (TPSA) is 49.3 Å². The minimum absolute atomic E-state index is 0.528. The number of rotatable bonds is 1. The summed E-state index contributed by atoms with van der Waals surface area (Å²) in [6, 6.07) is 0. The number of carbonyl (C=O) groups is 1. The average Bonchev–Trinajstić information content (AvgIpc) is 2.00. The molecule has 0 aliphatic heterocycles. The Labute approximate surface area is 79.1 Å². The molecule has 0 heterocycles. The molecule has 0 spiro atoms. The average molecular weight is 237 g/mol. The number of hydrogen-bond donors (Lipinski definition) is 2. The molecular formula is C6H5F6NO2. The van der Waals surface area contributed by atoms with Crippen LogP contribution in [0.4, 0.5) is 26.3 Å². The van der Waals surface area contributed by atoms with Crippen molar-refractivity contribution in [3.63, 3.8) is 0 Å².